The molecule has 1 aliphatic rings. The molecule has 1 saturated heterocycles. The van der Waals surface area contributed by atoms with Gasteiger partial charge in [0.05, 0.1) is 6.54 Å². The highest BCUT2D eigenvalue weighted by Crippen LogP contribution is 2.30. The summed E-state index contributed by atoms with van der Waals surface area (Å²) >= 11 is 6.10. The number of hydrogen-bond donors (Lipinski definition) is 0. The quantitative estimate of drug-likeness (QED) is 0.734. The Morgan fingerprint density at radius 1 is 1.27 bits per heavy atom. The van der Waals surface area contributed by atoms with Gasteiger partial charge in [0.2, 0.25) is 0 Å². The van der Waals surface area contributed by atoms with Crippen LogP contribution in [-0.2, 0) is 11.3 Å². The van der Waals surface area contributed by atoms with Gasteiger partial charge in [0.15, 0.2) is 5.65 Å². The van der Waals surface area contributed by atoms with Gasteiger partial charge in [-0.3, -0.25) is 0 Å². The number of imidazole rings is 1. The van der Waals surface area contributed by atoms with Gasteiger partial charge in [-0.25, -0.2) is 9.97 Å². The lowest BCUT2D eigenvalue weighted by Crippen LogP contribution is -2.10. The average Bonchev–Trinajstić information content (AvgIpc) is 3.15. The van der Waals surface area contributed by atoms with Crippen LogP contribution in [0.25, 0.3) is 11.2 Å². The minimum absolute atomic E-state index is 0.0633. The largest absolute Gasteiger partial charge is 0.370 e. The van der Waals surface area contributed by atoms with E-state index < -0.39 is 0 Å². The molecule has 0 aliphatic carbocycles. The first-order chi connectivity index (χ1) is 10.8. The van der Waals surface area contributed by atoms with E-state index in [-0.39, 0.29) is 6.10 Å². The molecule has 1 unspecified atom stereocenters. The third kappa shape index (κ3) is 2.49. The summed E-state index contributed by atoms with van der Waals surface area (Å²) in [6.07, 6.45) is 3.96. The predicted octanol–water partition coefficient (Wildman–Crippen LogP) is 3.98. The molecular weight excluding hydrogens is 298 g/mol. The van der Waals surface area contributed by atoms with Crippen LogP contribution in [0.1, 0.15) is 30.3 Å². The van der Waals surface area contributed by atoms with E-state index in [0.29, 0.717) is 6.54 Å². The summed E-state index contributed by atoms with van der Waals surface area (Å²) in [5, 5.41) is 0.744. The van der Waals surface area contributed by atoms with Gasteiger partial charge >= 0.3 is 0 Å². The second kappa shape index (κ2) is 5.71. The van der Waals surface area contributed by atoms with Crippen molar-refractivity contribution in [2.75, 3.05) is 6.61 Å². The minimum atomic E-state index is 0.0633. The number of rotatable bonds is 3. The molecule has 22 heavy (non-hydrogen) atoms. The SMILES string of the molecule is Clc1cccc(Cn2c(C3CCCO3)nc3cccnc32)c1. The van der Waals surface area contributed by atoms with Gasteiger partial charge in [0.25, 0.3) is 0 Å². The number of ether oxygens (including phenoxy) is 1. The maximum atomic E-state index is 6.10. The van der Waals surface area contributed by atoms with Gasteiger partial charge in [0, 0.05) is 17.8 Å². The van der Waals surface area contributed by atoms with Crippen LogP contribution in [0.15, 0.2) is 42.6 Å². The van der Waals surface area contributed by atoms with Gasteiger partial charge in [-0.2, -0.15) is 0 Å². The van der Waals surface area contributed by atoms with Crippen LogP contribution in [0.4, 0.5) is 0 Å². The van der Waals surface area contributed by atoms with E-state index in [4.69, 9.17) is 21.3 Å². The summed E-state index contributed by atoms with van der Waals surface area (Å²) in [5.41, 5.74) is 2.94. The van der Waals surface area contributed by atoms with E-state index in [2.05, 4.69) is 15.6 Å². The van der Waals surface area contributed by atoms with Gasteiger partial charge in [-0.15, -0.1) is 0 Å². The first-order valence-corrected chi connectivity index (χ1v) is 7.86. The summed E-state index contributed by atoms with van der Waals surface area (Å²) in [5.74, 6) is 0.964. The number of pyridine rings is 1. The average molecular weight is 314 g/mol. The minimum Gasteiger partial charge on any atom is -0.370 e. The van der Waals surface area contributed by atoms with Crippen LogP contribution in [-0.4, -0.2) is 21.1 Å². The lowest BCUT2D eigenvalue weighted by molar-refractivity contribution is 0.103. The van der Waals surface area contributed by atoms with Crippen molar-refractivity contribution in [1.82, 2.24) is 14.5 Å². The molecular formula is C17H16ClN3O. The highest BCUT2D eigenvalue weighted by molar-refractivity contribution is 6.30. The fourth-order valence-electron chi connectivity index (χ4n) is 2.98. The molecule has 1 fully saturated rings. The Kier molecular flexibility index (Phi) is 3.56. The lowest BCUT2D eigenvalue weighted by Gasteiger charge is -2.13. The Morgan fingerprint density at radius 2 is 2.23 bits per heavy atom. The molecule has 5 heteroatoms. The summed E-state index contributed by atoms with van der Waals surface area (Å²) in [6.45, 7) is 1.50. The Balaban J connectivity index is 1.81. The van der Waals surface area contributed by atoms with Crippen molar-refractivity contribution < 1.29 is 4.74 Å². The van der Waals surface area contributed by atoms with Crippen LogP contribution in [0.2, 0.25) is 5.02 Å². The van der Waals surface area contributed by atoms with Gasteiger partial charge < -0.3 is 9.30 Å². The smallest absolute Gasteiger partial charge is 0.160 e. The Hall–Kier alpha value is -1.91. The van der Waals surface area contributed by atoms with Crippen molar-refractivity contribution in [1.29, 1.82) is 0 Å². The van der Waals surface area contributed by atoms with Gasteiger partial charge in [0.1, 0.15) is 17.4 Å². The molecule has 3 heterocycles. The molecule has 1 aromatic carbocycles. The summed E-state index contributed by atoms with van der Waals surface area (Å²) < 4.78 is 7.98. The molecule has 3 aromatic rings. The summed E-state index contributed by atoms with van der Waals surface area (Å²) in [7, 11) is 0. The topological polar surface area (TPSA) is 39.9 Å². The van der Waals surface area contributed by atoms with Crippen molar-refractivity contribution >= 4 is 22.8 Å². The van der Waals surface area contributed by atoms with E-state index in [1.807, 2.05) is 30.3 Å². The summed E-state index contributed by atoms with van der Waals surface area (Å²) in [6, 6.07) is 11.8. The van der Waals surface area contributed by atoms with Crippen LogP contribution in [0.5, 0.6) is 0 Å². The van der Waals surface area contributed by atoms with Gasteiger partial charge in [-0.1, -0.05) is 23.7 Å². The van der Waals surface area contributed by atoms with Crippen molar-refractivity contribution in [3.8, 4) is 0 Å². The van der Waals surface area contributed by atoms with Crippen LogP contribution in [0.3, 0.4) is 0 Å². The van der Waals surface area contributed by atoms with Gasteiger partial charge in [-0.05, 0) is 42.7 Å². The molecule has 0 radical (unpaired) electrons. The highest BCUT2D eigenvalue weighted by atomic mass is 35.5. The number of aromatic nitrogens is 3. The molecule has 2 aromatic heterocycles. The molecule has 1 atom stereocenters. The standard InChI is InChI=1S/C17H16ClN3O/c18-13-5-1-4-12(10-13)11-21-16-14(6-2-8-19-16)20-17(21)15-7-3-9-22-15/h1-2,4-6,8,10,15H,3,7,9,11H2. The number of halogens is 1. The van der Waals surface area contributed by atoms with Crippen molar-refractivity contribution in [3.63, 3.8) is 0 Å². The zero-order valence-corrected chi connectivity index (χ0v) is 12.8. The first kappa shape index (κ1) is 13.7. The van der Waals surface area contributed by atoms with Crippen molar-refractivity contribution in [3.05, 3.63) is 59.0 Å². The summed E-state index contributed by atoms with van der Waals surface area (Å²) in [4.78, 5) is 9.26. The molecule has 0 saturated carbocycles. The van der Waals surface area contributed by atoms with E-state index in [9.17, 15) is 0 Å². The molecule has 112 valence electrons. The molecule has 0 bridgehead atoms. The van der Waals surface area contributed by atoms with Crippen LogP contribution < -0.4 is 0 Å². The second-order valence-corrected chi connectivity index (χ2v) is 5.97. The zero-order valence-electron chi connectivity index (χ0n) is 12.1. The second-order valence-electron chi connectivity index (χ2n) is 5.53. The predicted molar refractivity (Wildman–Crippen MR) is 86.0 cm³/mol. The number of benzene rings is 1. The van der Waals surface area contributed by atoms with E-state index in [1.54, 1.807) is 6.20 Å². The number of hydrogen-bond acceptors (Lipinski definition) is 3. The Morgan fingerprint density at radius 3 is 3.05 bits per heavy atom. The molecule has 1 aliphatic heterocycles. The van der Waals surface area contributed by atoms with Crippen molar-refractivity contribution in [2.24, 2.45) is 0 Å². The van der Waals surface area contributed by atoms with Crippen molar-refractivity contribution in [2.45, 2.75) is 25.5 Å². The maximum absolute atomic E-state index is 6.10. The fourth-order valence-corrected chi connectivity index (χ4v) is 3.19. The first-order valence-electron chi connectivity index (χ1n) is 7.48. The van der Waals surface area contributed by atoms with E-state index >= 15 is 0 Å². The fraction of sp³-hybridized carbons (Fsp3) is 0.294. The molecule has 0 N–H and O–H groups in total. The third-order valence-corrected chi connectivity index (χ3v) is 4.22. The molecule has 0 spiro atoms. The molecule has 0 amide bonds. The van der Waals surface area contributed by atoms with Crippen LogP contribution >= 0.6 is 11.6 Å². The lowest BCUT2D eigenvalue weighted by atomic mass is 10.2. The monoisotopic (exact) mass is 313 g/mol. The molecule has 4 nitrogen and oxygen atoms in total. The number of fused-ring (bicyclic) bond motifs is 1. The van der Waals surface area contributed by atoms with E-state index in [0.717, 1.165) is 47.0 Å². The normalized spacial score (nSPS) is 18.1. The number of nitrogens with zero attached hydrogens (tertiary/aromatic N) is 3. The van der Waals surface area contributed by atoms with E-state index in [1.165, 1.54) is 0 Å². The highest BCUT2D eigenvalue weighted by Gasteiger charge is 2.25. The zero-order chi connectivity index (χ0) is 14.9. The molecule has 4 rings (SSSR count). The maximum Gasteiger partial charge on any atom is 0.160 e. The Bertz CT molecular complexity index is 809. The third-order valence-electron chi connectivity index (χ3n) is 3.98. The van der Waals surface area contributed by atoms with Crippen LogP contribution in [0, 0.1) is 0 Å². The Labute approximate surface area is 133 Å².